The number of nitrogens with zero attached hydrogens (tertiary/aromatic N) is 1. The highest BCUT2D eigenvalue weighted by Crippen LogP contribution is 2.43. The maximum absolute atomic E-state index is 13.7. The van der Waals surface area contributed by atoms with Crippen LogP contribution in [0, 0.1) is 11.7 Å². The molecule has 1 aromatic rings. The van der Waals surface area contributed by atoms with Crippen LogP contribution in [0.1, 0.15) is 38.8 Å². The van der Waals surface area contributed by atoms with Crippen molar-refractivity contribution in [3.8, 4) is 0 Å². The van der Waals surface area contributed by atoms with Gasteiger partial charge in [0.1, 0.15) is 5.82 Å². The number of hydrogen-bond acceptors (Lipinski definition) is 2. The standard InChI is InChI=1S/C15H17ClFNO3/c1-15(2,3)18-12(19)7-9(14(20)21)13(18)8-4-5-10(16)11(17)6-8/h4-6,9,13H,7H2,1-3H3,(H,20,21). The van der Waals surface area contributed by atoms with E-state index in [4.69, 9.17) is 11.6 Å². The molecule has 114 valence electrons. The zero-order chi connectivity index (χ0) is 15.9. The number of halogens is 2. The van der Waals surface area contributed by atoms with Crippen molar-refractivity contribution in [2.75, 3.05) is 0 Å². The number of rotatable bonds is 2. The second-order valence-corrected chi connectivity index (χ2v) is 6.61. The molecule has 2 atom stereocenters. The second-order valence-electron chi connectivity index (χ2n) is 6.20. The van der Waals surface area contributed by atoms with Gasteiger partial charge >= 0.3 is 5.97 Å². The summed E-state index contributed by atoms with van der Waals surface area (Å²) in [5.41, 5.74) is -0.104. The number of aliphatic carboxylic acids is 1. The first-order valence-corrected chi connectivity index (χ1v) is 7.00. The molecule has 0 aliphatic carbocycles. The Bertz CT molecular complexity index is 597. The lowest BCUT2D eigenvalue weighted by molar-refractivity contribution is -0.142. The van der Waals surface area contributed by atoms with Crippen molar-refractivity contribution in [3.05, 3.63) is 34.6 Å². The molecule has 1 N–H and O–H groups in total. The van der Waals surface area contributed by atoms with Gasteiger partial charge in [-0.05, 0) is 38.5 Å². The van der Waals surface area contributed by atoms with Crippen molar-refractivity contribution in [2.45, 2.75) is 38.8 Å². The molecule has 0 saturated carbocycles. The van der Waals surface area contributed by atoms with Gasteiger partial charge in [-0.1, -0.05) is 17.7 Å². The van der Waals surface area contributed by atoms with Crippen molar-refractivity contribution in [1.29, 1.82) is 0 Å². The highest BCUT2D eigenvalue weighted by atomic mass is 35.5. The van der Waals surface area contributed by atoms with Crippen LogP contribution in [0.5, 0.6) is 0 Å². The third-order valence-electron chi connectivity index (χ3n) is 3.65. The highest BCUT2D eigenvalue weighted by Gasteiger charge is 2.48. The molecule has 1 saturated heterocycles. The van der Waals surface area contributed by atoms with Crippen LogP contribution < -0.4 is 0 Å². The van der Waals surface area contributed by atoms with Crippen LogP contribution in [0.4, 0.5) is 4.39 Å². The van der Waals surface area contributed by atoms with Crippen molar-refractivity contribution in [3.63, 3.8) is 0 Å². The van der Waals surface area contributed by atoms with Gasteiger partial charge in [0, 0.05) is 12.0 Å². The first kappa shape index (κ1) is 15.8. The molecule has 0 radical (unpaired) electrons. The van der Waals surface area contributed by atoms with Crippen molar-refractivity contribution in [2.24, 2.45) is 5.92 Å². The van der Waals surface area contributed by atoms with E-state index in [0.717, 1.165) is 0 Å². The number of carbonyl (C=O) groups excluding carboxylic acids is 1. The minimum absolute atomic E-state index is 0.0303. The van der Waals surface area contributed by atoms with Gasteiger partial charge in [0.05, 0.1) is 17.0 Å². The number of amides is 1. The van der Waals surface area contributed by atoms with E-state index in [2.05, 4.69) is 0 Å². The summed E-state index contributed by atoms with van der Waals surface area (Å²) in [4.78, 5) is 25.2. The molecule has 6 heteroatoms. The van der Waals surface area contributed by atoms with Crippen LogP contribution in [0.25, 0.3) is 0 Å². The van der Waals surface area contributed by atoms with Gasteiger partial charge in [0.25, 0.3) is 0 Å². The minimum atomic E-state index is -1.06. The fourth-order valence-electron chi connectivity index (χ4n) is 2.82. The Morgan fingerprint density at radius 3 is 2.52 bits per heavy atom. The average molecular weight is 314 g/mol. The summed E-state index contributed by atoms with van der Waals surface area (Å²) < 4.78 is 13.7. The summed E-state index contributed by atoms with van der Waals surface area (Å²) >= 11 is 5.67. The van der Waals surface area contributed by atoms with Crippen LogP contribution in [0.3, 0.4) is 0 Å². The largest absolute Gasteiger partial charge is 0.481 e. The van der Waals surface area contributed by atoms with Gasteiger partial charge < -0.3 is 10.0 Å². The second kappa shape index (κ2) is 5.30. The Balaban J connectivity index is 2.54. The normalized spacial score (nSPS) is 22.7. The van der Waals surface area contributed by atoms with E-state index < -0.39 is 29.3 Å². The third kappa shape index (κ3) is 2.88. The zero-order valence-electron chi connectivity index (χ0n) is 12.1. The molecule has 1 aliphatic heterocycles. The van der Waals surface area contributed by atoms with Crippen LogP contribution in [-0.2, 0) is 9.59 Å². The zero-order valence-corrected chi connectivity index (χ0v) is 12.8. The van der Waals surface area contributed by atoms with E-state index in [9.17, 15) is 19.1 Å². The average Bonchev–Trinajstić information content (AvgIpc) is 2.70. The SMILES string of the molecule is CC(C)(C)N1C(=O)CC(C(=O)O)C1c1ccc(Cl)c(F)c1. The fraction of sp³-hybridized carbons (Fsp3) is 0.467. The van der Waals surface area contributed by atoms with E-state index in [0.29, 0.717) is 5.56 Å². The Labute approximate surface area is 127 Å². The van der Waals surface area contributed by atoms with Gasteiger partial charge in [-0.2, -0.15) is 0 Å². The number of hydrogen-bond donors (Lipinski definition) is 1. The van der Waals surface area contributed by atoms with Crippen LogP contribution in [0.2, 0.25) is 5.02 Å². The van der Waals surface area contributed by atoms with Gasteiger partial charge in [0.2, 0.25) is 5.91 Å². The lowest BCUT2D eigenvalue weighted by atomic mass is 9.91. The van der Waals surface area contributed by atoms with E-state index in [-0.39, 0.29) is 17.4 Å². The summed E-state index contributed by atoms with van der Waals surface area (Å²) in [6.45, 7) is 5.48. The fourth-order valence-corrected chi connectivity index (χ4v) is 2.94. The lowest BCUT2D eigenvalue weighted by Crippen LogP contribution is -2.44. The van der Waals surface area contributed by atoms with E-state index in [1.165, 1.54) is 17.0 Å². The molecular weight excluding hydrogens is 297 g/mol. The Morgan fingerprint density at radius 1 is 1.43 bits per heavy atom. The van der Waals surface area contributed by atoms with Gasteiger partial charge in [0.15, 0.2) is 0 Å². The first-order chi connectivity index (χ1) is 9.62. The Hall–Kier alpha value is -1.62. The molecule has 0 spiro atoms. The molecule has 2 unspecified atom stereocenters. The molecule has 21 heavy (non-hydrogen) atoms. The molecular formula is C15H17ClFNO3. The minimum Gasteiger partial charge on any atom is -0.481 e. The Kier molecular flexibility index (Phi) is 3.97. The monoisotopic (exact) mass is 313 g/mol. The van der Waals surface area contributed by atoms with Gasteiger partial charge in [-0.3, -0.25) is 9.59 Å². The molecule has 4 nitrogen and oxygen atoms in total. The number of carbonyl (C=O) groups is 2. The summed E-state index contributed by atoms with van der Waals surface area (Å²) in [5, 5.41) is 9.34. The molecule has 1 aliphatic rings. The molecule has 1 heterocycles. The number of benzene rings is 1. The molecule has 0 bridgehead atoms. The number of likely N-dealkylation sites (tertiary alicyclic amines) is 1. The molecule has 2 rings (SSSR count). The summed E-state index contributed by atoms with van der Waals surface area (Å²) in [7, 11) is 0. The Morgan fingerprint density at radius 2 is 2.05 bits per heavy atom. The molecule has 1 fully saturated rings. The topological polar surface area (TPSA) is 57.6 Å². The van der Waals surface area contributed by atoms with Crippen LogP contribution in [0.15, 0.2) is 18.2 Å². The smallest absolute Gasteiger partial charge is 0.309 e. The molecule has 1 aromatic carbocycles. The van der Waals surface area contributed by atoms with Crippen molar-refractivity contribution < 1.29 is 19.1 Å². The maximum Gasteiger partial charge on any atom is 0.309 e. The quantitative estimate of drug-likeness (QED) is 0.911. The van der Waals surface area contributed by atoms with E-state index in [1.807, 2.05) is 20.8 Å². The first-order valence-electron chi connectivity index (χ1n) is 6.63. The number of carboxylic acid groups (broad SMARTS) is 1. The molecule has 0 aromatic heterocycles. The van der Waals surface area contributed by atoms with Crippen molar-refractivity contribution >= 4 is 23.5 Å². The summed E-state index contributed by atoms with van der Waals surface area (Å²) in [5.74, 6) is -2.81. The van der Waals surface area contributed by atoms with Gasteiger partial charge in [-0.25, -0.2) is 4.39 Å². The highest BCUT2D eigenvalue weighted by molar-refractivity contribution is 6.30. The lowest BCUT2D eigenvalue weighted by Gasteiger charge is -2.38. The number of carboxylic acids is 1. The summed E-state index contributed by atoms with van der Waals surface area (Å²) in [6.07, 6.45) is -0.0818. The van der Waals surface area contributed by atoms with Crippen molar-refractivity contribution in [1.82, 2.24) is 4.90 Å². The van der Waals surface area contributed by atoms with Crippen LogP contribution in [-0.4, -0.2) is 27.4 Å². The molecule has 1 amide bonds. The van der Waals surface area contributed by atoms with E-state index in [1.54, 1.807) is 6.07 Å². The predicted octanol–water partition coefficient (Wildman–Crippen LogP) is 3.25. The summed E-state index contributed by atoms with van der Waals surface area (Å²) in [6, 6.07) is 3.47. The maximum atomic E-state index is 13.7. The van der Waals surface area contributed by atoms with E-state index >= 15 is 0 Å². The van der Waals surface area contributed by atoms with Gasteiger partial charge in [-0.15, -0.1) is 0 Å². The predicted molar refractivity (Wildman–Crippen MR) is 76.5 cm³/mol. The van der Waals surface area contributed by atoms with Crippen LogP contribution >= 0.6 is 11.6 Å². The third-order valence-corrected chi connectivity index (χ3v) is 3.95.